The summed E-state index contributed by atoms with van der Waals surface area (Å²) in [6.07, 6.45) is 9.39. The number of anilines is 1. The van der Waals surface area contributed by atoms with Crippen LogP contribution in [0.15, 0.2) is 52.8 Å². The minimum absolute atomic E-state index is 0.0348. The molecule has 4 bridgehead atoms. The van der Waals surface area contributed by atoms with Gasteiger partial charge in [-0.3, -0.25) is 14.5 Å². The highest BCUT2D eigenvalue weighted by molar-refractivity contribution is 7.90. The first-order chi connectivity index (χ1) is 20.2. The van der Waals surface area contributed by atoms with E-state index in [1.54, 1.807) is 29.2 Å². The summed E-state index contributed by atoms with van der Waals surface area (Å²) in [6.45, 7) is 16.6. The van der Waals surface area contributed by atoms with Crippen molar-refractivity contribution >= 4 is 33.5 Å². The molecule has 0 spiro atoms. The number of aromatic nitrogens is 1. The number of hydrogen-bond acceptors (Lipinski definition) is 7. The van der Waals surface area contributed by atoms with Crippen molar-refractivity contribution in [3.63, 3.8) is 0 Å². The predicted octanol–water partition coefficient (Wildman–Crippen LogP) is 5.07. The van der Waals surface area contributed by atoms with Crippen molar-refractivity contribution in [1.82, 2.24) is 19.5 Å². The molecule has 4 rings (SSSR count). The Bertz CT molecular complexity index is 1380. The lowest BCUT2D eigenvalue weighted by Crippen LogP contribution is -2.45. The van der Waals surface area contributed by atoms with Gasteiger partial charge in [-0.2, -0.15) is 8.42 Å². The van der Waals surface area contributed by atoms with E-state index in [1.165, 1.54) is 6.07 Å². The van der Waals surface area contributed by atoms with Gasteiger partial charge >= 0.3 is 0 Å². The molecule has 2 amide bonds. The van der Waals surface area contributed by atoms with Crippen LogP contribution in [0, 0.1) is 17.3 Å². The third-order valence-corrected chi connectivity index (χ3v) is 9.79. The van der Waals surface area contributed by atoms with Crippen molar-refractivity contribution in [3.8, 4) is 0 Å². The third kappa shape index (κ3) is 8.46. The Labute approximate surface area is 257 Å². The molecule has 10 nitrogen and oxygen atoms in total. The van der Waals surface area contributed by atoms with Crippen LogP contribution in [0.2, 0.25) is 0 Å². The first-order valence-electron chi connectivity index (χ1n) is 15.4. The minimum Gasteiger partial charge on any atom is -0.370 e. The molecule has 1 aromatic rings. The number of allylic oxidation sites excluding steroid dienone is 2. The number of fused-ring (bicyclic) bond motifs is 4. The van der Waals surface area contributed by atoms with Gasteiger partial charge in [0.25, 0.3) is 10.0 Å². The third-order valence-electron chi connectivity index (χ3n) is 8.52. The molecule has 0 aromatic carbocycles. The molecule has 2 saturated heterocycles. The highest BCUT2D eigenvalue weighted by Gasteiger charge is 2.41. The van der Waals surface area contributed by atoms with Crippen molar-refractivity contribution in [2.45, 2.75) is 96.6 Å². The minimum atomic E-state index is -4.20. The van der Waals surface area contributed by atoms with Crippen molar-refractivity contribution in [3.05, 3.63) is 42.8 Å². The second-order valence-electron chi connectivity index (χ2n) is 13.8. The Morgan fingerprint density at radius 1 is 1.23 bits per heavy atom. The number of carbonyl (C=O) groups is 2. The number of sulfonamides is 1. The van der Waals surface area contributed by atoms with Crippen LogP contribution in [0.1, 0.15) is 86.0 Å². The van der Waals surface area contributed by atoms with Gasteiger partial charge in [0.05, 0.1) is 6.42 Å². The number of carbonyl (C=O) groups excluding carboxylic acids is 2. The summed E-state index contributed by atoms with van der Waals surface area (Å²) < 4.78 is 28.4. The van der Waals surface area contributed by atoms with Crippen LogP contribution >= 0.6 is 0 Å². The lowest BCUT2D eigenvalue weighted by atomic mass is 9.87. The number of likely N-dealkylation sites (tertiary alicyclic amines) is 1. The van der Waals surface area contributed by atoms with Crippen molar-refractivity contribution < 1.29 is 18.0 Å². The monoisotopic (exact) mass is 612 g/mol. The number of rotatable bonds is 6. The van der Waals surface area contributed by atoms with Crippen LogP contribution in [0.4, 0.5) is 5.82 Å². The first-order valence-corrected chi connectivity index (χ1v) is 16.9. The van der Waals surface area contributed by atoms with E-state index < -0.39 is 15.9 Å². The van der Waals surface area contributed by atoms with Crippen LogP contribution in [0.25, 0.3) is 0 Å². The molecule has 2 N–H and O–H groups in total. The Kier molecular flexibility index (Phi) is 10.0. The summed E-state index contributed by atoms with van der Waals surface area (Å²) in [4.78, 5) is 39.9. The Morgan fingerprint density at radius 2 is 2.00 bits per heavy atom. The van der Waals surface area contributed by atoms with E-state index in [1.807, 2.05) is 0 Å². The van der Waals surface area contributed by atoms with Gasteiger partial charge in [0, 0.05) is 31.1 Å². The number of amidine groups is 1. The lowest BCUT2D eigenvalue weighted by molar-refractivity contribution is -0.129. The molecule has 1 unspecified atom stereocenters. The second-order valence-corrected chi connectivity index (χ2v) is 15.5. The molecule has 43 heavy (non-hydrogen) atoms. The van der Waals surface area contributed by atoms with Crippen LogP contribution in [0.3, 0.4) is 0 Å². The molecule has 2 fully saturated rings. The van der Waals surface area contributed by atoms with Crippen LogP contribution in [-0.4, -0.2) is 66.0 Å². The quantitative estimate of drug-likeness (QED) is 0.430. The van der Waals surface area contributed by atoms with Crippen molar-refractivity contribution in [2.24, 2.45) is 22.2 Å². The molecule has 1 aromatic heterocycles. The maximum atomic E-state index is 13.5. The van der Waals surface area contributed by atoms with Crippen LogP contribution in [-0.2, 0) is 19.6 Å². The standard InChI is InChI=1S/C32H48N6O4S/c1-7-11-26(37-19-16-24(30(37)40)13-9-17-31(2,3)4)35-27-20-28(39)36-43(41,42)29-15-8-14-25(34-29)33-18-10-12-23-21-32(5,6)38(27)22-23/h7-8,11,14-15,23-24H,1,9-10,12-13,16-22H2,2-6H3,(H,33,34)(H,36,39)/b26-11+,35-27?/t23-,24?/m0/s1. The lowest BCUT2D eigenvalue weighted by Gasteiger charge is -2.35. The van der Waals surface area contributed by atoms with E-state index in [0.29, 0.717) is 43.0 Å². The van der Waals surface area contributed by atoms with Crippen molar-refractivity contribution in [2.75, 3.05) is 25.0 Å². The average molecular weight is 613 g/mol. The van der Waals surface area contributed by atoms with Crippen molar-refractivity contribution in [1.29, 1.82) is 0 Å². The summed E-state index contributed by atoms with van der Waals surface area (Å²) >= 11 is 0. The fourth-order valence-electron chi connectivity index (χ4n) is 6.42. The maximum absolute atomic E-state index is 13.5. The van der Waals surface area contributed by atoms with E-state index in [4.69, 9.17) is 4.99 Å². The SMILES string of the molecule is C=C/C=C(\N=C1CC(=O)NS(=O)(=O)c2cccc(n2)NCCC[C@@H]2CN1C(C)(C)C2)N1CCC(CCCC(C)(C)C)C1=O. The fraction of sp³-hybridized carbons (Fsp3) is 0.625. The van der Waals surface area contributed by atoms with Gasteiger partial charge in [0.15, 0.2) is 5.03 Å². The Morgan fingerprint density at radius 3 is 2.72 bits per heavy atom. The largest absolute Gasteiger partial charge is 0.370 e. The smallest absolute Gasteiger partial charge is 0.281 e. The van der Waals surface area contributed by atoms with E-state index in [2.05, 4.69) is 61.1 Å². The highest BCUT2D eigenvalue weighted by atomic mass is 32.2. The molecular formula is C32H48N6O4S. The van der Waals surface area contributed by atoms with Gasteiger partial charge in [-0.1, -0.05) is 45.9 Å². The van der Waals surface area contributed by atoms with E-state index in [-0.39, 0.29) is 34.2 Å². The van der Waals surface area contributed by atoms with Gasteiger partial charge in [0.2, 0.25) is 11.8 Å². The average Bonchev–Trinajstić information content (AvgIpc) is 3.42. The normalized spacial score (nSPS) is 25.6. The number of amides is 2. The Balaban J connectivity index is 1.65. The molecule has 4 heterocycles. The van der Waals surface area contributed by atoms with Crippen LogP contribution < -0.4 is 10.0 Å². The number of hydrogen-bond donors (Lipinski definition) is 2. The number of nitrogens with one attached hydrogen (secondary N) is 2. The van der Waals surface area contributed by atoms with Crippen LogP contribution in [0.5, 0.6) is 0 Å². The summed E-state index contributed by atoms with van der Waals surface area (Å²) in [5.41, 5.74) is -0.0984. The zero-order chi connectivity index (χ0) is 31.4. The fourth-order valence-corrected chi connectivity index (χ4v) is 7.37. The first kappa shape index (κ1) is 32.7. The number of aliphatic imine (C=N–C) groups is 1. The van der Waals surface area contributed by atoms with Gasteiger partial charge in [0.1, 0.15) is 17.5 Å². The zero-order valence-corrected chi connectivity index (χ0v) is 27.2. The van der Waals surface area contributed by atoms with Gasteiger partial charge < -0.3 is 10.2 Å². The predicted molar refractivity (Wildman–Crippen MR) is 170 cm³/mol. The summed E-state index contributed by atoms with van der Waals surface area (Å²) in [5.74, 6) is 0.942. The van der Waals surface area contributed by atoms with Gasteiger partial charge in [-0.05, 0) is 81.9 Å². The summed E-state index contributed by atoms with van der Waals surface area (Å²) in [7, 11) is -4.20. The summed E-state index contributed by atoms with van der Waals surface area (Å²) in [5, 5.41) is 2.98. The topological polar surface area (TPSA) is 124 Å². The molecule has 0 saturated carbocycles. The number of pyridine rings is 1. The number of nitrogens with zero attached hydrogens (tertiary/aromatic N) is 4. The molecular weight excluding hydrogens is 564 g/mol. The molecule has 11 heteroatoms. The molecule has 0 radical (unpaired) electrons. The second kappa shape index (κ2) is 13.2. The highest BCUT2D eigenvalue weighted by Crippen LogP contribution is 2.37. The molecule has 3 aliphatic rings. The summed E-state index contributed by atoms with van der Waals surface area (Å²) in [6, 6.07) is 4.68. The maximum Gasteiger partial charge on any atom is 0.281 e. The zero-order valence-electron chi connectivity index (χ0n) is 26.4. The van der Waals surface area contributed by atoms with E-state index in [0.717, 1.165) is 44.9 Å². The molecule has 0 aliphatic carbocycles. The van der Waals surface area contributed by atoms with Gasteiger partial charge in [-0.25, -0.2) is 14.7 Å². The van der Waals surface area contributed by atoms with Gasteiger partial charge in [-0.15, -0.1) is 0 Å². The Hall–Kier alpha value is -3.21. The molecule has 3 aliphatic heterocycles. The molecule has 2 atom stereocenters. The van der Waals surface area contributed by atoms with E-state index in [9.17, 15) is 18.0 Å². The molecule has 236 valence electrons. The van der Waals surface area contributed by atoms with E-state index >= 15 is 0 Å².